The number of aromatic nitrogens is 2. The number of aryl methyl sites for hydroxylation is 1. The topological polar surface area (TPSA) is 17.8 Å². The van der Waals surface area contributed by atoms with Crippen molar-refractivity contribution >= 4 is 22.6 Å². The van der Waals surface area contributed by atoms with E-state index >= 15 is 0 Å². The maximum Gasteiger partial charge on any atom is 0.416 e. The smallest absolute Gasteiger partial charge is 0.328 e. The largest absolute Gasteiger partial charge is 0.416 e. The summed E-state index contributed by atoms with van der Waals surface area (Å²) >= 11 is 5.79. The zero-order valence-corrected chi connectivity index (χ0v) is 12.2. The van der Waals surface area contributed by atoms with Gasteiger partial charge in [-0.05, 0) is 37.0 Å². The Bertz CT molecular complexity index is 644. The van der Waals surface area contributed by atoms with Gasteiger partial charge in [-0.3, -0.25) is 0 Å². The van der Waals surface area contributed by atoms with E-state index in [9.17, 15) is 13.2 Å². The van der Waals surface area contributed by atoms with E-state index < -0.39 is 11.7 Å². The van der Waals surface area contributed by atoms with Crippen LogP contribution in [0.15, 0.2) is 18.2 Å². The highest BCUT2D eigenvalue weighted by atomic mass is 35.5. The average molecular weight is 317 g/mol. The Kier molecular flexibility index (Phi) is 3.86. The predicted molar refractivity (Wildman–Crippen MR) is 76.5 cm³/mol. The van der Waals surface area contributed by atoms with Crippen LogP contribution >= 0.6 is 11.6 Å². The number of imidazole rings is 1. The highest BCUT2D eigenvalue weighted by molar-refractivity contribution is 6.17. The molecule has 114 valence electrons. The summed E-state index contributed by atoms with van der Waals surface area (Å²) < 4.78 is 40.4. The SMILES string of the molecule is FC(F)(F)c1ccc2c(c1)nc(CCCl)n2CC1CCC1. The summed E-state index contributed by atoms with van der Waals surface area (Å²) in [4.78, 5) is 4.37. The standard InChI is InChI=1S/C15H16ClF3N2/c16-7-6-14-20-12-8-11(15(17,18)19)4-5-13(12)21(14)9-10-2-1-3-10/h4-5,8,10H,1-3,6-7,9H2. The number of nitrogens with zero attached hydrogens (tertiary/aromatic N) is 2. The fraction of sp³-hybridized carbons (Fsp3) is 0.533. The molecule has 0 aliphatic heterocycles. The van der Waals surface area contributed by atoms with Gasteiger partial charge in [-0.1, -0.05) is 6.42 Å². The number of alkyl halides is 4. The summed E-state index contributed by atoms with van der Waals surface area (Å²) in [7, 11) is 0. The highest BCUT2D eigenvalue weighted by Crippen LogP contribution is 2.33. The zero-order chi connectivity index (χ0) is 15.0. The van der Waals surface area contributed by atoms with Crippen LogP contribution in [0, 0.1) is 5.92 Å². The fourth-order valence-electron chi connectivity index (χ4n) is 2.77. The Morgan fingerprint density at radius 3 is 2.62 bits per heavy atom. The van der Waals surface area contributed by atoms with Gasteiger partial charge in [0.15, 0.2) is 0 Å². The fourth-order valence-corrected chi connectivity index (χ4v) is 2.94. The summed E-state index contributed by atoms with van der Waals surface area (Å²) in [6, 6.07) is 3.79. The number of hydrogen-bond donors (Lipinski definition) is 0. The van der Waals surface area contributed by atoms with Gasteiger partial charge >= 0.3 is 6.18 Å². The second-order valence-electron chi connectivity index (χ2n) is 5.58. The van der Waals surface area contributed by atoms with E-state index in [2.05, 4.69) is 4.98 Å². The van der Waals surface area contributed by atoms with Crippen LogP contribution in [-0.4, -0.2) is 15.4 Å². The van der Waals surface area contributed by atoms with Crippen molar-refractivity contribution in [2.45, 2.75) is 38.4 Å². The molecule has 1 saturated carbocycles. The molecule has 0 unspecified atom stereocenters. The van der Waals surface area contributed by atoms with Crippen molar-refractivity contribution in [1.82, 2.24) is 9.55 Å². The molecule has 0 saturated heterocycles. The molecule has 0 spiro atoms. The molecule has 0 N–H and O–H groups in total. The Morgan fingerprint density at radius 2 is 2.05 bits per heavy atom. The minimum Gasteiger partial charge on any atom is -0.328 e. The van der Waals surface area contributed by atoms with E-state index in [0.717, 1.165) is 30.0 Å². The molecule has 0 bridgehead atoms. The van der Waals surface area contributed by atoms with Crippen LogP contribution in [0.4, 0.5) is 13.2 Å². The van der Waals surface area contributed by atoms with Crippen molar-refractivity contribution in [3.63, 3.8) is 0 Å². The molecule has 0 atom stereocenters. The molecule has 1 heterocycles. The lowest BCUT2D eigenvalue weighted by Gasteiger charge is -2.26. The van der Waals surface area contributed by atoms with Crippen LogP contribution in [0.1, 0.15) is 30.7 Å². The van der Waals surface area contributed by atoms with Crippen LogP contribution in [0.2, 0.25) is 0 Å². The lowest BCUT2D eigenvalue weighted by atomic mass is 9.85. The van der Waals surface area contributed by atoms with Crippen molar-refractivity contribution in [2.24, 2.45) is 5.92 Å². The summed E-state index contributed by atoms with van der Waals surface area (Å²) in [5.74, 6) is 1.81. The molecule has 0 amide bonds. The zero-order valence-electron chi connectivity index (χ0n) is 11.5. The van der Waals surface area contributed by atoms with Crippen molar-refractivity contribution < 1.29 is 13.2 Å². The van der Waals surface area contributed by atoms with Gasteiger partial charge in [-0.2, -0.15) is 13.2 Å². The van der Waals surface area contributed by atoms with Gasteiger partial charge in [0.25, 0.3) is 0 Å². The van der Waals surface area contributed by atoms with Crippen LogP contribution in [0.3, 0.4) is 0 Å². The van der Waals surface area contributed by atoms with E-state index in [1.807, 2.05) is 4.57 Å². The van der Waals surface area contributed by atoms with Gasteiger partial charge in [0, 0.05) is 18.8 Å². The molecule has 21 heavy (non-hydrogen) atoms. The highest BCUT2D eigenvalue weighted by Gasteiger charge is 2.31. The average Bonchev–Trinajstić information content (AvgIpc) is 2.70. The molecule has 1 aliphatic carbocycles. The number of halogens is 4. The summed E-state index contributed by atoms with van der Waals surface area (Å²) in [6.07, 6.45) is -0.162. The molecule has 1 aliphatic rings. The number of hydrogen-bond acceptors (Lipinski definition) is 1. The normalized spacial score (nSPS) is 16.4. The van der Waals surface area contributed by atoms with Crippen molar-refractivity contribution in [2.75, 3.05) is 5.88 Å². The van der Waals surface area contributed by atoms with Gasteiger partial charge < -0.3 is 4.57 Å². The molecule has 6 heteroatoms. The third kappa shape index (κ3) is 2.89. The van der Waals surface area contributed by atoms with Gasteiger partial charge in [0.05, 0.1) is 16.6 Å². The molecule has 0 radical (unpaired) electrons. The Labute approximate surface area is 125 Å². The minimum absolute atomic E-state index is 0.407. The van der Waals surface area contributed by atoms with E-state index in [0.29, 0.717) is 23.7 Å². The van der Waals surface area contributed by atoms with Gasteiger partial charge in [-0.25, -0.2) is 4.98 Å². The quantitative estimate of drug-likeness (QED) is 0.752. The number of benzene rings is 1. The third-order valence-corrected chi connectivity index (χ3v) is 4.33. The summed E-state index contributed by atoms with van der Waals surface area (Å²) in [5.41, 5.74) is 0.528. The Hall–Kier alpha value is -1.23. The molecule has 1 aromatic carbocycles. The monoisotopic (exact) mass is 316 g/mol. The predicted octanol–water partition coefficient (Wildman–Crippen LogP) is 4.64. The summed E-state index contributed by atoms with van der Waals surface area (Å²) in [6.45, 7) is 0.827. The second kappa shape index (κ2) is 5.52. The molecule has 2 nitrogen and oxygen atoms in total. The first-order chi connectivity index (χ1) is 9.99. The van der Waals surface area contributed by atoms with Crippen molar-refractivity contribution in [3.05, 3.63) is 29.6 Å². The maximum absolute atomic E-state index is 12.8. The molecule has 1 fully saturated rings. The van der Waals surface area contributed by atoms with Gasteiger partial charge in [-0.15, -0.1) is 11.6 Å². The first kappa shape index (κ1) is 14.7. The molecule has 3 rings (SSSR count). The maximum atomic E-state index is 12.8. The first-order valence-corrected chi connectivity index (χ1v) is 7.65. The minimum atomic E-state index is -4.33. The van der Waals surface area contributed by atoms with Crippen LogP contribution in [0.5, 0.6) is 0 Å². The van der Waals surface area contributed by atoms with Gasteiger partial charge in [0.1, 0.15) is 5.82 Å². The number of rotatable bonds is 4. The van der Waals surface area contributed by atoms with Crippen LogP contribution in [0.25, 0.3) is 11.0 Å². The molecular weight excluding hydrogens is 301 g/mol. The Morgan fingerprint density at radius 1 is 1.29 bits per heavy atom. The van der Waals surface area contributed by atoms with Crippen molar-refractivity contribution in [3.8, 4) is 0 Å². The van der Waals surface area contributed by atoms with E-state index in [1.165, 1.54) is 25.3 Å². The second-order valence-corrected chi connectivity index (χ2v) is 5.95. The molecular formula is C15H16ClF3N2. The van der Waals surface area contributed by atoms with Gasteiger partial charge in [0.2, 0.25) is 0 Å². The van der Waals surface area contributed by atoms with Crippen molar-refractivity contribution in [1.29, 1.82) is 0 Å². The van der Waals surface area contributed by atoms with E-state index in [4.69, 9.17) is 11.6 Å². The van der Waals surface area contributed by atoms with Crippen LogP contribution in [-0.2, 0) is 19.1 Å². The molecule has 1 aromatic heterocycles. The van der Waals surface area contributed by atoms with E-state index in [1.54, 1.807) is 0 Å². The summed E-state index contributed by atoms with van der Waals surface area (Å²) in [5, 5.41) is 0. The molecule has 2 aromatic rings. The first-order valence-electron chi connectivity index (χ1n) is 7.11. The lowest BCUT2D eigenvalue weighted by Crippen LogP contribution is -2.19. The lowest BCUT2D eigenvalue weighted by molar-refractivity contribution is -0.137. The van der Waals surface area contributed by atoms with E-state index in [-0.39, 0.29) is 0 Å². The van der Waals surface area contributed by atoms with Crippen LogP contribution < -0.4 is 0 Å². The Balaban J connectivity index is 2.03. The number of fused-ring (bicyclic) bond motifs is 1. The third-order valence-electron chi connectivity index (χ3n) is 4.14.